The molecule has 0 aliphatic rings. The average Bonchev–Trinajstić information content (AvgIpc) is 3.37. The van der Waals surface area contributed by atoms with Gasteiger partial charge in [0.1, 0.15) is 10.8 Å². The fourth-order valence-electron chi connectivity index (χ4n) is 4.15. The van der Waals surface area contributed by atoms with Crippen LogP contribution in [0.5, 0.6) is 0 Å². The van der Waals surface area contributed by atoms with Gasteiger partial charge in [0.2, 0.25) is 5.91 Å². The zero-order chi connectivity index (χ0) is 27.1. The molecule has 0 radical (unpaired) electrons. The van der Waals surface area contributed by atoms with Crippen molar-refractivity contribution in [2.75, 3.05) is 4.72 Å². The zero-order valence-electron chi connectivity index (χ0n) is 20.7. The van der Waals surface area contributed by atoms with E-state index in [1.165, 1.54) is 35.6 Å². The van der Waals surface area contributed by atoms with Gasteiger partial charge in [-0.15, -0.1) is 11.3 Å². The number of amides is 1. The van der Waals surface area contributed by atoms with Gasteiger partial charge in [-0.3, -0.25) is 14.1 Å². The second-order valence-corrected chi connectivity index (χ2v) is 10.9. The van der Waals surface area contributed by atoms with Crippen LogP contribution < -0.4 is 10.0 Å². The monoisotopic (exact) mass is 553 g/mol. The van der Waals surface area contributed by atoms with Gasteiger partial charge in [-0.25, -0.2) is 9.37 Å². The highest BCUT2D eigenvalue weighted by atomic mass is 32.2. The van der Waals surface area contributed by atoms with Crippen LogP contribution in [0.1, 0.15) is 46.3 Å². The first-order valence-electron chi connectivity index (χ1n) is 12.1. The molecule has 38 heavy (non-hydrogen) atoms. The molecule has 0 fully saturated rings. The molecule has 7 nitrogen and oxygen atoms in total. The molecule has 0 unspecified atom stereocenters. The number of nitrogens with one attached hydrogen (secondary N) is 2. The van der Waals surface area contributed by atoms with Crippen LogP contribution in [0.15, 0.2) is 84.2 Å². The van der Waals surface area contributed by atoms with E-state index in [0.29, 0.717) is 18.4 Å². The van der Waals surface area contributed by atoms with Gasteiger partial charge in [-0.1, -0.05) is 61.5 Å². The Labute approximate surface area is 225 Å². The summed E-state index contributed by atoms with van der Waals surface area (Å²) in [5.74, 6) is -1.28. The molecule has 0 spiro atoms. The third kappa shape index (κ3) is 7.70. The first-order valence-corrected chi connectivity index (χ1v) is 14.4. The van der Waals surface area contributed by atoms with Crippen molar-refractivity contribution in [3.63, 3.8) is 0 Å². The summed E-state index contributed by atoms with van der Waals surface area (Å²) < 4.78 is 47.3. The lowest BCUT2D eigenvalue weighted by molar-refractivity contribution is -0.123. The molecule has 4 rings (SSSR count). The van der Waals surface area contributed by atoms with Crippen molar-refractivity contribution >= 4 is 33.2 Å². The predicted octanol–water partition coefficient (Wildman–Crippen LogP) is 5.49. The number of anilines is 1. The number of benzene rings is 3. The quantitative estimate of drug-likeness (QED) is 0.213. The molecule has 2 atom stereocenters. The molecule has 10 heteroatoms. The number of aryl methyl sites for hydroxylation is 1. The number of hydrogen-bond donors (Lipinski definition) is 3. The predicted molar refractivity (Wildman–Crippen MR) is 147 cm³/mol. The summed E-state index contributed by atoms with van der Waals surface area (Å²) >= 11 is 1.46. The minimum absolute atomic E-state index is 0.216. The second-order valence-electron chi connectivity index (χ2n) is 8.87. The summed E-state index contributed by atoms with van der Waals surface area (Å²) in [4.78, 5) is 18.5. The Kier molecular flexibility index (Phi) is 8.88. The lowest BCUT2D eigenvalue weighted by atomic mass is 9.90. The minimum atomic E-state index is -4.38. The average molecular weight is 554 g/mol. The largest absolute Gasteiger partial charge is 0.357 e. The fraction of sp³-hybridized carbons (Fsp3) is 0.214. The number of rotatable bonds is 11. The van der Waals surface area contributed by atoms with Gasteiger partial charge >= 0.3 is 10.3 Å². The van der Waals surface area contributed by atoms with Crippen molar-refractivity contribution in [3.05, 3.63) is 117 Å². The molecule has 4 aromatic rings. The van der Waals surface area contributed by atoms with Crippen molar-refractivity contribution in [2.24, 2.45) is 0 Å². The van der Waals surface area contributed by atoms with E-state index in [9.17, 15) is 17.6 Å². The highest BCUT2D eigenvalue weighted by Crippen LogP contribution is 2.27. The van der Waals surface area contributed by atoms with Crippen molar-refractivity contribution < 1.29 is 22.2 Å². The molecular formula is C28H28FN3O4S2. The first kappa shape index (κ1) is 27.4. The number of thiazole rings is 1. The van der Waals surface area contributed by atoms with Crippen molar-refractivity contribution in [3.8, 4) is 0 Å². The highest BCUT2D eigenvalue weighted by molar-refractivity contribution is 7.87. The van der Waals surface area contributed by atoms with E-state index in [2.05, 4.69) is 5.32 Å². The molecule has 198 valence electrons. The molecule has 0 bridgehead atoms. The Morgan fingerprint density at radius 3 is 2.34 bits per heavy atom. The number of nitrogens with zero attached hydrogens (tertiary/aromatic N) is 1. The van der Waals surface area contributed by atoms with Crippen LogP contribution in [0.2, 0.25) is 0 Å². The maximum Gasteiger partial charge on any atom is 0.357 e. The van der Waals surface area contributed by atoms with Gasteiger partial charge < -0.3 is 5.32 Å². The van der Waals surface area contributed by atoms with Crippen molar-refractivity contribution in [2.45, 2.75) is 38.1 Å². The van der Waals surface area contributed by atoms with Crippen LogP contribution in [-0.4, -0.2) is 23.9 Å². The number of halogens is 1. The van der Waals surface area contributed by atoms with E-state index < -0.39 is 28.1 Å². The van der Waals surface area contributed by atoms with E-state index in [1.54, 1.807) is 24.3 Å². The number of aromatic nitrogens is 1. The Bertz CT molecular complexity index is 1480. The Balaban J connectivity index is 1.61. The molecule has 1 aromatic heterocycles. The SMILES string of the molecule is CCc1csc([C@H](Cc2ccc(NS(=O)(=O)O)cc2)NC(=O)[C@@H](Cc2ccccc2)c2cccc(F)c2)n1. The number of carbonyl (C=O) groups excluding carboxylic acids is 1. The lowest BCUT2D eigenvalue weighted by Gasteiger charge is -2.23. The molecule has 0 saturated heterocycles. The van der Waals surface area contributed by atoms with Crippen LogP contribution in [0.4, 0.5) is 10.1 Å². The summed E-state index contributed by atoms with van der Waals surface area (Å²) in [5, 5.41) is 5.85. The maximum atomic E-state index is 14.1. The van der Waals surface area contributed by atoms with E-state index in [1.807, 2.05) is 47.4 Å². The van der Waals surface area contributed by atoms with Gasteiger partial charge in [-0.2, -0.15) is 8.42 Å². The van der Waals surface area contributed by atoms with E-state index >= 15 is 0 Å². The van der Waals surface area contributed by atoms with Crippen molar-refractivity contribution in [1.82, 2.24) is 10.3 Å². The fourth-order valence-corrected chi connectivity index (χ4v) is 5.53. The van der Waals surface area contributed by atoms with E-state index in [-0.39, 0.29) is 11.6 Å². The van der Waals surface area contributed by atoms with Gasteiger partial charge in [0.25, 0.3) is 0 Å². The molecule has 0 aliphatic heterocycles. The standard InChI is InChI=1S/C28H28FN3O4S2/c1-2-23-18-37-28(30-23)26(16-20-11-13-24(14-12-20)32-38(34,35)36)31-27(33)25(15-19-7-4-3-5-8-19)21-9-6-10-22(29)17-21/h3-14,17-18,25-26,32H,2,15-16H2,1H3,(H,31,33)(H,34,35,36)/t25-,26-/m0/s1. The highest BCUT2D eigenvalue weighted by Gasteiger charge is 2.26. The second kappa shape index (κ2) is 12.3. The van der Waals surface area contributed by atoms with Crippen LogP contribution in [0.25, 0.3) is 0 Å². The zero-order valence-corrected chi connectivity index (χ0v) is 22.3. The first-order chi connectivity index (χ1) is 18.2. The van der Waals surface area contributed by atoms with Crippen molar-refractivity contribution in [1.29, 1.82) is 0 Å². The Morgan fingerprint density at radius 2 is 1.71 bits per heavy atom. The van der Waals surface area contributed by atoms with Crippen LogP contribution in [-0.2, 0) is 34.4 Å². The summed E-state index contributed by atoms with van der Waals surface area (Å²) in [6.07, 6.45) is 1.56. The van der Waals surface area contributed by atoms with Crippen LogP contribution in [0.3, 0.4) is 0 Å². The van der Waals surface area contributed by atoms with Gasteiger partial charge in [-0.05, 0) is 60.2 Å². The molecule has 0 saturated carbocycles. The minimum Gasteiger partial charge on any atom is -0.346 e. The van der Waals surface area contributed by atoms with Gasteiger partial charge in [0.15, 0.2) is 0 Å². The van der Waals surface area contributed by atoms with E-state index in [0.717, 1.165) is 28.2 Å². The molecule has 1 amide bonds. The molecule has 3 aromatic carbocycles. The third-order valence-electron chi connectivity index (χ3n) is 6.04. The summed E-state index contributed by atoms with van der Waals surface area (Å²) in [7, 11) is -4.38. The smallest absolute Gasteiger partial charge is 0.346 e. The van der Waals surface area contributed by atoms with Crippen LogP contribution >= 0.6 is 11.3 Å². The molecule has 3 N–H and O–H groups in total. The summed E-state index contributed by atoms with van der Waals surface area (Å²) in [5.41, 5.74) is 3.50. The van der Waals surface area contributed by atoms with Gasteiger partial charge in [0, 0.05) is 5.38 Å². The molecular weight excluding hydrogens is 525 g/mol. The third-order valence-corrected chi connectivity index (χ3v) is 7.54. The lowest BCUT2D eigenvalue weighted by Crippen LogP contribution is -2.35. The van der Waals surface area contributed by atoms with Gasteiger partial charge in [0.05, 0.1) is 23.3 Å². The summed E-state index contributed by atoms with van der Waals surface area (Å²) in [6, 6.07) is 21.7. The molecule has 0 aliphatic carbocycles. The maximum absolute atomic E-state index is 14.1. The Morgan fingerprint density at radius 1 is 1.00 bits per heavy atom. The Hall–Kier alpha value is -3.60. The van der Waals surface area contributed by atoms with E-state index in [4.69, 9.17) is 9.54 Å². The topological polar surface area (TPSA) is 108 Å². The van der Waals surface area contributed by atoms with Crippen LogP contribution in [0, 0.1) is 5.82 Å². The molecule has 1 heterocycles. The normalized spacial score (nSPS) is 13.0. The summed E-state index contributed by atoms with van der Waals surface area (Å²) in [6.45, 7) is 2.01. The number of carbonyl (C=O) groups is 1. The number of hydrogen-bond acceptors (Lipinski definition) is 5.